The van der Waals surface area contributed by atoms with Crippen molar-refractivity contribution >= 4 is 5.69 Å². The van der Waals surface area contributed by atoms with Gasteiger partial charge in [0.05, 0.1) is 0 Å². The van der Waals surface area contributed by atoms with Crippen molar-refractivity contribution in [1.29, 1.82) is 0 Å². The lowest BCUT2D eigenvalue weighted by Crippen LogP contribution is -2.19. The lowest BCUT2D eigenvalue weighted by atomic mass is 10.3. The summed E-state index contributed by atoms with van der Waals surface area (Å²) in [4.78, 5) is 11.3. The quantitative estimate of drug-likeness (QED) is 0.756. The van der Waals surface area contributed by atoms with Crippen LogP contribution in [-0.2, 0) is 6.54 Å². The molecule has 1 aliphatic carbocycles. The summed E-state index contributed by atoms with van der Waals surface area (Å²) in [6.07, 6.45) is 5.50. The van der Waals surface area contributed by atoms with Crippen LogP contribution in [0.1, 0.15) is 19.3 Å². The molecule has 3 heteroatoms. The van der Waals surface area contributed by atoms with Crippen molar-refractivity contribution in [3.05, 3.63) is 28.7 Å². The van der Waals surface area contributed by atoms with E-state index < -0.39 is 0 Å². The number of anilines is 1. The molecule has 1 aromatic heterocycles. The molecule has 0 saturated heterocycles. The normalized spacial score (nSPS) is 16.0. The Hall–Kier alpha value is -1.25. The number of aromatic nitrogens is 1. The summed E-state index contributed by atoms with van der Waals surface area (Å²) in [5, 5.41) is 0. The van der Waals surface area contributed by atoms with Gasteiger partial charge in [0.15, 0.2) is 0 Å². The number of nitrogens with zero attached hydrogens (tertiary/aromatic N) is 1. The SMILES string of the molecule is Nc1ccc(=O)n(CCC2CC2)c1. The Morgan fingerprint density at radius 2 is 2.23 bits per heavy atom. The van der Waals surface area contributed by atoms with Gasteiger partial charge in [-0.05, 0) is 18.4 Å². The van der Waals surface area contributed by atoms with Gasteiger partial charge in [-0.15, -0.1) is 0 Å². The molecule has 0 aromatic carbocycles. The molecule has 0 radical (unpaired) electrons. The van der Waals surface area contributed by atoms with Crippen LogP contribution in [0.5, 0.6) is 0 Å². The smallest absolute Gasteiger partial charge is 0.250 e. The Kier molecular flexibility index (Phi) is 2.08. The molecule has 0 aliphatic heterocycles. The summed E-state index contributed by atoms with van der Waals surface area (Å²) in [5.41, 5.74) is 6.30. The van der Waals surface area contributed by atoms with E-state index in [1.165, 1.54) is 18.9 Å². The Balaban J connectivity index is 2.08. The van der Waals surface area contributed by atoms with Gasteiger partial charge in [-0.2, -0.15) is 0 Å². The zero-order chi connectivity index (χ0) is 9.26. The number of nitrogen functional groups attached to an aromatic ring is 1. The summed E-state index contributed by atoms with van der Waals surface area (Å²) in [6.45, 7) is 0.814. The van der Waals surface area contributed by atoms with Gasteiger partial charge >= 0.3 is 0 Å². The van der Waals surface area contributed by atoms with E-state index in [0.717, 1.165) is 18.9 Å². The third-order valence-electron chi connectivity index (χ3n) is 2.48. The monoisotopic (exact) mass is 178 g/mol. The molecule has 1 heterocycles. The molecule has 2 N–H and O–H groups in total. The van der Waals surface area contributed by atoms with E-state index in [-0.39, 0.29) is 5.56 Å². The van der Waals surface area contributed by atoms with Crippen LogP contribution in [0.4, 0.5) is 5.69 Å². The van der Waals surface area contributed by atoms with Crippen LogP contribution < -0.4 is 11.3 Å². The summed E-state index contributed by atoms with van der Waals surface area (Å²) >= 11 is 0. The average molecular weight is 178 g/mol. The molecule has 1 fully saturated rings. The first-order valence-electron chi connectivity index (χ1n) is 4.71. The van der Waals surface area contributed by atoms with Crippen molar-refractivity contribution in [3.8, 4) is 0 Å². The first-order valence-corrected chi connectivity index (χ1v) is 4.71. The molecule has 1 aliphatic rings. The molecular weight excluding hydrogens is 164 g/mol. The van der Waals surface area contributed by atoms with E-state index in [0.29, 0.717) is 5.69 Å². The highest BCUT2D eigenvalue weighted by molar-refractivity contribution is 5.33. The number of pyridine rings is 1. The van der Waals surface area contributed by atoms with Gasteiger partial charge in [-0.1, -0.05) is 12.8 Å². The Labute approximate surface area is 77.2 Å². The molecule has 1 saturated carbocycles. The highest BCUT2D eigenvalue weighted by Gasteiger charge is 2.20. The van der Waals surface area contributed by atoms with E-state index in [2.05, 4.69) is 0 Å². The lowest BCUT2D eigenvalue weighted by Gasteiger charge is -2.04. The van der Waals surface area contributed by atoms with Crippen LogP contribution in [0.15, 0.2) is 23.1 Å². The van der Waals surface area contributed by atoms with Crippen molar-refractivity contribution in [2.45, 2.75) is 25.8 Å². The molecule has 0 unspecified atom stereocenters. The summed E-state index contributed by atoms with van der Waals surface area (Å²) in [6, 6.07) is 3.18. The van der Waals surface area contributed by atoms with Crippen LogP contribution >= 0.6 is 0 Å². The first kappa shape index (κ1) is 8.35. The third-order valence-corrected chi connectivity index (χ3v) is 2.48. The van der Waals surface area contributed by atoms with Crippen molar-refractivity contribution in [3.63, 3.8) is 0 Å². The molecule has 13 heavy (non-hydrogen) atoms. The maximum atomic E-state index is 11.3. The average Bonchev–Trinajstić information content (AvgIpc) is 2.90. The molecule has 70 valence electrons. The van der Waals surface area contributed by atoms with Crippen molar-refractivity contribution in [2.75, 3.05) is 5.73 Å². The molecule has 3 nitrogen and oxygen atoms in total. The van der Waals surface area contributed by atoms with Crippen molar-refractivity contribution in [2.24, 2.45) is 5.92 Å². The molecule has 2 rings (SSSR count). The van der Waals surface area contributed by atoms with Crippen LogP contribution in [0, 0.1) is 5.92 Å². The minimum atomic E-state index is 0.0508. The Bertz CT molecular complexity index is 352. The minimum absolute atomic E-state index is 0.0508. The molecule has 0 amide bonds. The lowest BCUT2D eigenvalue weighted by molar-refractivity contribution is 0.582. The maximum absolute atomic E-state index is 11.3. The maximum Gasteiger partial charge on any atom is 0.250 e. The molecule has 0 spiro atoms. The number of aryl methyl sites for hydroxylation is 1. The Morgan fingerprint density at radius 3 is 2.92 bits per heavy atom. The fraction of sp³-hybridized carbons (Fsp3) is 0.500. The second-order valence-electron chi connectivity index (χ2n) is 3.73. The van der Waals surface area contributed by atoms with Gasteiger partial charge in [-0.25, -0.2) is 0 Å². The van der Waals surface area contributed by atoms with Gasteiger partial charge < -0.3 is 10.3 Å². The highest BCUT2D eigenvalue weighted by atomic mass is 16.1. The topological polar surface area (TPSA) is 48.0 Å². The van der Waals surface area contributed by atoms with Gasteiger partial charge in [0, 0.05) is 24.5 Å². The molecular formula is C10H14N2O. The summed E-state index contributed by atoms with van der Waals surface area (Å²) < 4.78 is 1.70. The predicted octanol–water partition coefficient (Wildman–Crippen LogP) is 1.23. The van der Waals surface area contributed by atoms with E-state index in [9.17, 15) is 4.79 Å². The second kappa shape index (κ2) is 3.24. The van der Waals surface area contributed by atoms with E-state index in [1.54, 1.807) is 16.8 Å². The van der Waals surface area contributed by atoms with Crippen LogP contribution in [0.3, 0.4) is 0 Å². The van der Waals surface area contributed by atoms with E-state index >= 15 is 0 Å². The van der Waals surface area contributed by atoms with E-state index in [1.807, 2.05) is 0 Å². The van der Waals surface area contributed by atoms with Gasteiger partial charge in [0.25, 0.3) is 5.56 Å². The number of hydrogen-bond donors (Lipinski definition) is 1. The zero-order valence-electron chi connectivity index (χ0n) is 7.57. The number of rotatable bonds is 3. The third kappa shape index (κ3) is 2.11. The Morgan fingerprint density at radius 1 is 1.46 bits per heavy atom. The standard InChI is InChI=1S/C10H14N2O/c11-9-3-4-10(13)12(7-9)6-5-8-1-2-8/h3-4,7-8H,1-2,5-6,11H2. The van der Waals surface area contributed by atoms with Crippen LogP contribution in [0.25, 0.3) is 0 Å². The number of nitrogens with two attached hydrogens (primary N) is 1. The van der Waals surface area contributed by atoms with Crippen LogP contribution in [-0.4, -0.2) is 4.57 Å². The number of hydrogen-bond acceptors (Lipinski definition) is 2. The van der Waals surface area contributed by atoms with Gasteiger partial charge in [-0.3, -0.25) is 4.79 Å². The summed E-state index contributed by atoms with van der Waals surface area (Å²) in [7, 11) is 0. The summed E-state index contributed by atoms with van der Waals surface area (Å²) in [5.74, 6) is 0.855. The van der Waals surface area contributed by atoms with E-state index in [4.69, 9.17) is 5.73 Å². The van der Waals surface area contributed by atoms with Crippen LogP contribution in [0.2, 0.25) is 0 Å². The minimum Gasteiger partial charge on any atom is -0.398 e. The molecule has 1 aromatic rings. The highest BCUT2D eigenvalue weighted by Crippen LogP contribution is 2.32. The fourth-order valence-corrected chi connectivity index (χ4v) is 1.45. The molecule has 0 bridgehead atoms. The zero-order valence-corrected chi connectivity index (χ0v) is 7.57. The van der Waals surface area contributed by atoms with Crippen molar-refractivity contribution < 1.29 is 0 Å². The first-order chi connectivity index (χ1) is 6.25. The predicted molar refractivity (Wildman–Crippen MR) is 52.5 cm³/mol. The van der Waals surface area contributed by atoms with Gasteiger partial charge in [0.2, 0.25) is 0 Å². The second-order valence-corrected chi connectivity index (χ2v) is 3.73. The fourth-order valence-electron chi connectivity index (χ4n) is 1.45. The van der Waals surface area contributed by atoms with Crippen molar-refractivity contribution in [1.82, 2.24) is 4.57 Å². The molecule has 0 atom stereocenters. The van der Waals surface area contributed by atoms with Gasteiger partial charge in [0.1, 0.15) is 0 Å². The largest absolute Gasteiger partial charge is 0.398 e.